The summed E-state index contributed by atoms with van der Waals surface area (Å²) in [7, 11) is -1.78. The van der Waals surface area contributed by atoms with Crippen LogP contribution in [-0.2, 0) is 11.3 Å². The first-order chi connectivity index (χ1) is 16.9. The molecule has 1 amide bonds. The van der Waals surface area contributed by atoms with E-state index in [2.05, 4.69) is 28.9 Å². The van der Waals surface area contributed by atoms with Gasteiger partial charge in [-0.05, 0) is 40.3 Å². The number of ether oxygens (including phenoxy) is 1. The lowest BCUT2D eigenvalue weighted by Crippen LogP contribution is -2.35. The quantitative estimate of drug-likeness (QED) is 0.325. The van der Waals surface area contributed by atoms with E-state index in [0.29, 0.717) is 16.7 Å². The zero-order valence-corrected chi connectivity index (χ0v) is 21.8. The van der Waals surface area contributed by atoms with Crippen LogP contribution in [0.4, 0.5) is 17.7 Å². The molecular formula is C28H28BF3NO2Si-. The molecule has 0 unspecified atom stereocenters. The van der Waals surface area contributed by atoms with Gasteiger partial charge >= 0.3 is 13.1 Å². The van der Waals surface area contributed by atoms with Crippen LogP contribution in [0, 0.1) is 18.4 Å². The van der Waals surface area contributed by atoms with Gasteiger partial charge in [-0.2, -0.15) is 0 Å². The van der Waals surface area contributed by atoms with E-state index in [1.165, 1.54) is 0 Å². The molecule has 3 aromatic carbocycles. The van der Waals surface area contributed by atoms with Crippen molar-refractivity contribution in [2.75, 3.05) is 6.61 Å². The molecule has 0 spiro atoms. The van der Waals surface area contributed by atoms with Gasteiger partial charge in [0, 0.05) is 18.0 Å². The predicted octanol–water partition coefficient (Wildman–Crippen LogP) is 6.32. The Kier molecular flexibility index (Phi) is 7.06. The van der Waals surface area contributed by atoms with Crippen molar-refractivity contribution in [2.24, 2.45) is 0 Å². The summed E-state index contributed by atoms with van der Waals surface area (Å²) in [5.41, 5.74) is 8.19. The lowest BCUT2D eigenvalue weighted by Gasteiger charge is -2.20. The molecule has 186 valence electrons. The van der Waals surface area contributed by atoms with Gasteiger partial charge in [-0.15, -0.1) is 11.0 Å². The number of halogens is 3. The maximum Gasteiger partial charge on any atom is 0.509 e. The smallest absolute Gasteiger partial charge is 0.449 e. The fraction of sp³-hybridized carbons (Fsp3) is 0.250. The van der Waals surface area contributed by atoms with Gasteiger partial charge in [0.2, 0.25) is 0 Å². The van der Waals surface area contributed by atoms with Crippen LogP contribution >= 0.6 is 0 Å². The van der Waals surface area contributed by atoms with Crippen molar-refractivity contribution in [2.45, 2.75) is 39.0 Å². The lowest BCUT2D eigenvalue weighted by molar-refractivity contribution is 0.142. The van der Waals surface area contributed by atoms with Crippen molar-refractivity contribution in [3.05, 3.63) is 88.5 Å². The molecule has 0 heterocycles. The van der Waals surface area contributed by atoms with Crippen LogP contribution in [0.25, 0.3) is 11.1 Å². The van der Waals surface area contributed by atoms with Crippen LogP contribution in [0.15, 0.2) is 60.7 Å². The Hall–Kier alpha value is -3.44. The number of fused-ring (bicyclic) bond motifs is 3. The number of carbonyl (C=O) groups excluding carboxylic acids is 1. The second-order valence-corrected chi connectivity index (χ2v) is 14.9. The summed E-state index contributed by atoms with van der Waals surface area (Å²) < 4.78 is 46.3. The number of amides is 1. The minimum absolute atomic E-state index is 0.0792. The number of alkyl carbamates (subject to hydrolysis) is 1. The zero-order chi connectivity index (χ0) is 26.1. The zero-order valence-electron chi connectivity index (χ0n) is 20.8. The highest BCUT2D eigenvalue weighted by Gasteiger charge is 2.29. The average Bonchev–Trinajstić information content (AvgIpc) is 3.13. The molecule has 0 aliphatic heterocycles. The number of hydrogen-bond acceptors (Lipinski definition) is 2. The summed E-state index contributed by atoms with van der Waals surface area (Å²) in [6.45, 7) is 2.69. The molecule has 3 aromatic rings. The summed E-state index contributed by atoms with van der Waals surface area (Å²) in [6.07, 6.45) is -0.672. The third-order valence-electron chi connectivity index (χ3n) is 6.25. The van der Waals surface area contributed by atoms with E-state index in [9.17, 15) is 17.7 Å². The molecule has 0 fully saturated rings. The third-order valence-corrected chi connectivity index (χ3v) is 7.13. The molecule has 0 atom stereocenters. The Balaban J connectivity index is 1.49. The standard InChI is InChI=1S/C28H28BF3NO2Si/c1-19-20(13-14-36(2,3)4)15-22(29(30,31)32)16-21(19)17-33-28(34)35-18-27-25-11-7-5-9-23(25)24-10-6-8-12-26(24)27/h5-12,15-16,27H,17-18H2,1-4H3,(H,33,34)/q-1. The van der Waals surface area contributed by atoms with E-state index in [1.54, 1.807) is 6.92 Å². The summed E-state index contributed by atoms with van der Waals surface area (Å²) in [6, 6.07) is 18.2. The number of benzene rings is 3. The molecule has 1 aliphatic rings. The molecule has 0 saturated heterocycles. The highest BCUT2D eigenvalue weighted by Crippen LogP contribution is 2.44. The molecule has 3 nitrogen and oxygen atoms in total. The van der Waals surface area contributed by atoms with E-state index in [0.717, 1.165) is 34.4 Å². The molecule has 1 N–H and O–H groups in total. The fourth-order valence-electron chi connectivity index (χ4n) is 4.37. The van der Waals surface area contributed by atoms with Crippen molar-refractivity contribution in [3.8, 4) is 22.6 Å². The number of nitrogens with one attached hydrogen (secondary N) is 1. The molecular weight excluding hydrogens is 478 g/mol. The van der Waals surface area contributed by atoms with Gasteiger partial charge in [-0.1, -0.05) is 86.2 Å². The van der Waals surface area contributed by atoms with Crippen molar-refractivity contribution in [3.63, 3.8) is 0 Å². The van der Waals surface area contributed by atoms with Crippen LogP contribution in [0.5, 0.6) is 0 Å². The first kappa shape index (κ1) is 25.6. The van der Waals surface area contributed by atoms with E-state index < -0.39 is 26.6 Å². The lowest BCUT2D eigenvalue weighted by atomic mass is 9.77. The van der Waals surface area contributed by atoms with Crippen LogP contribution in [-0.4, -0.2) is 27.8 Å². The van der Waals surface area contributed by atoms with Gasteiger partial charge < -0.3 is 23.0 Å². The number of carbonyl (C=O) groups is 1. The summed E-state index contributed by atoms with van der Waals surface area (Å²) in [5, 5.41) is 2.63. The molecule has 0 radical (unpaired) electrons. The van der Waals surface area contributed by atoms with Gasteiger partial charge in [0.25, 0.3) is 0 Å². The minimum atomic E-state index is -5.20. The highest BCUT2D eigenvalue weighted by molar-refractivity contribution is 6.83. The average molecular weight is 506 g/mol. The van der Waals surface area contributed by atoms with Crippen LogP contribution < -0.4 is 10.8 Å². The molecule has 36 heavy (non-hydrogen) atoms. The topological polar surface area (TPSA) is 38.3 Å². The monoisotopic (exact) mass is 506 g/mol. The number of hydrogen-bond donors (Lipinski definition) is 1. The van der Waals surface area contributed by atoms with Crippen molar-refractivity contribution >= 4 is 26.6 Å². The van der Waals surface area contributed by atoms with Gasteiger partial charge in [-0.25, -0.2) is 4.79 Å². The molecule has 0 saturated carbocycles. The number of rotatable bonds is 5. The van der Waals surface area contributed by atoms with Crippen LogP contribution in [0.1, 0.15) is 33.7 Å². The molecule has 8 heteroatoms. The summed E-state index contributed by atoms with van der Waals surface area (Å²) in [5.74, 6) is 2.86. The molecule has 0 bridgehead atoms. The summed E-state index contributed by atoms with van der Waals surface area (Å²) in [4.78, 5) is 12.6. The third kappa shape index (κ3) is 5.68. The van der Waals surface area contributed by atoms with Crippen molar-refractivity contribution < 1.29 is 22.5 Å². The Morgan fingerprint density at radius 3 is 2.14 bits per heavy atom. The SMILES string of the molecule is Cc1c(C#C[Si](C)(C)C)cc([B-](F)(F)F)cc1CNC(=O)OCC1c2ccccc2-c2ccccc21. The first-order valence-corrected chi connectivity index (χ1v) is 15.4. The maximum absolute atomic E-state index is 13.6. The fourth-order valence-corrected chi connectivity index (χ4v) is 4.88. The maximum atomic E-state index is 13.6. The van der Waals surface area contributed by atoms with Gasteiger partial charge in [-0.3, -0.25) is 0 Å². The minimum Gasteiger partial charge on any atom is -0.449 e. The second kappa shape index (κ2) is 9.90. The van der Waals surface area contributed by atoms with Crippen molar-refractivity contribution in [1.29, 1.82) is 0 Å². The Morgan fingerprint density at radius 1 is 1.00 bits per heavy atom. The second-order valence-electron chi connectivity index (χ2n) is 10.1. The van der Waals surface area contributed by atoms with E-state index in [4.69, 9.17) is 4.74 Å². The van der Waals surface area contributed by atoms with Crippen LogP contribution in [0.2, 0.25) is 19.6 Å². The predicted molar refractivity (Wildman–Crippen MR) is 142 cm³/mol. The van der Waals surface area contributed by atoms with E-state index in [1.807, 2.05) is 56.0 Å². The highest BCUT2D eigenvalue weighted by atomic mass is 28.3. The molecule has 4 rings (SSSR count). The normalized spacial score (nSPS) is 12.9. The van der Waals surface area contributed by atoms with E-state index >= 15 is 0 Å². The largest absolute Gasteiger partial charge is 0.509 e. The van der Waals surface area contributed by atoms with E-state index in [-0.39, 0.29) is 19.1 Å². The summed E-state index contributed by atoms with van der Waals surface area (Å²) >= 11 is 0. The Morgan fingerprint density at radius 2 is 1.58 bits per heavy atom. The molecule has 1 aliphatic carbocycles. The van der Waals surface area contributed by atoms with Crippen LogP contribution in [0.3, 0.4) is 0 Å². The van der Waals surface area contributed by atoms with Gasteiger partial charge in [0.1, 0.15) is 14.7 Å². The Bertz CT molecular complexity index is 1320. The van der Waals surface area contributed by atoms with Crippen molar-refractivity contribution in [1.82, 2.24) is 5.32 Å². The Labute approximate surface area is 211 Å². The first-order valence-electron chi connectivity index (χ1n) is 11.9. The van der Waals surface area contributed by atoms with Gasteiger partial charge in [0.05, 0.1) is 0 Å². The van der Waals surface area contributed by atoms with Gasteiger partial charge in [0.15, 0.2) is 0 Å². The molecule has 0 aromatic heterocycles.